The molecule has 2 aliphatic heterocycles. The van der Waals surface area contributed by atoms with E-state index >= 15 is 0 Å². The zero-order chi connectivity index (χ0) is 17.4. The quantitative estimate of drug-likeness (QED) is 0.507. The summed E-state index contributed by atoms with van der Waals surface area (Å²) in [7, 11) is -1.42. The van der Waals surface area contributed by atoms with Gasteiger partial charge in [0.1, 0.15) is 0 Å². The molecule has 2 fully saturated rings. The molecule has 0 radical (unpaired) electrons. The van der Waals surface area contributed by atoms with Gasteiger partial charge in [-0.25, -0.2) is 12.7 Å². The van der Waals surface area contributed by atoms with Crippen LogP contribution >= 0.6 is 11.8 Å². The highest BCUT2D eigenvalue weighted by atomic mass is 32.2. The van der Waals surface area contributed by atoms with Crippen LogP contribution < -0.4 is 5.32 Å². The van der Waals surface area contributed by atoms with Gasteiger partial charge in [-0.05, 0) is 13.3 Å². The van der Waals surface area contributed by atoms with E-state index in [1.165, 1.54) is 0 Å². The van der Waals surface area contributed by atoms with Crippen molar-refractivity contribution in [3.05, 3.63) is 0 Å². The maximum atomic E-state index is 12.4. The number of likely N-dealkylation sites (tertiary alicyclic amines) is 1. The van der Waals surface area contributed by atoms with Crippen LogP contribution in [-0.4, -0.2) is 93.8 Å². The first kappa shape index (κ1) is 19.8. The molecule has 0 aliphatic carbocycles. The summed E-state index contributed by atoms with van der Waals surface area (Å²) in [5.41, 5.74) is 0. The fourth-order valence-electron chi connectivity index (χ4n) is 3.02. The number of hydrogen-bond donors (Lipinski definition) is 1. The molecule has 2 rings (SSSR count). The molecular weight excluding hydrogens is 348 g/mol. The summed E-state index contributed by atoms with van der Waals surface area (Å²) in [5.74, 6) is 3.22. The molecule has 9 heteroatoms. The van der Waals surface area contributed by atoms with Crippen molar-refractivity contribution in [1.29, 1.82) is 0 Å². The number of aliphatic imine (C=N–C) groups is 1. The number of rotatable bonds is 7. The lowest BCUT2D eigenvalue weighted by atomic mass is 10.1. The summed E-state index contributed by atoms with van der Waals surface area (Å²) in [4.78, 5) is 6.48. The number of sulfonamides is 1. The SMILES string of the molecule is CCOCC1CCN(C(=NC)NCCS(=O)(=O)N2CCSCC2)C1. The second-order valence-corrected chi connectivity index (χ2v) is 9.37. The van der Waals surface area contributed by atoms with Crippen molar-refractivity contribution in [2.75, 3.05) is 70.2 Å². The highest BCUT2D eigenvalue weighted by Gasteiger charge is 2.26. The van der Waals surface area contributed by atoms with Gasteiger partial charge in [-0.1, -0.05) is 0 Å². The van der Waals surface area contributed by atoms with Crippen LogP contribution in [0, 0.1) is 5.92 Å². The van der Waals surface area contributed by atoms with Gasteiger partial charge in [0.25, 0.3) is 0 Å². The van der Waals surface area contributed by atoms with E-state index in [-0.39, 0.29) is 5.75 Å². The maximum absolute atomic E-state index is 12.4. The van der Waals surface area contributed by atoms with Gasteiger partial charge < -0.3 is 15.0 Å². The third-order valence-corrected chi connectivity index (χ3v) is 7.18. The largest absolute Gasteiger partial charge is 0.381 e. The Morgan fingerprint density at radius 1 is 1.33 bits per heavy atom. The summed E-state index contributed by atoms with van der Waals surface area (Å²) in [6.07, 6.45) is 1.09. The fraction of sp³-hybridized carbons (Fsp3) is 0.933. The predicted octanol–water partition coefficient (Wildman–Crippen LogP) is 0.299. The van der Waals surface area contributed by atoms with E-state index < -0.39 is 10.0 Å². The number of guanidine groups is 1. The van der Waals surface area contributed by atoms with Crippen molar-refractivity contribution in [3.8, 4) is 0 Å². The lowest BCUT2D eigenvalue weighted by molar-refractivity contribution is 0.114. The minimum atomic E-state index is -3.17. The zero-order valence-corrected chi connectivity index (χ0v) is 16.4. The number of nitrogens with one attached hydrogen (secondary N) is 1. The van der Waals surface area contributed by atoms with E-state index in [4.69, 9.17) is 4.74 Å². The Balaban J connectivity index is 1.75. The summed E-state index contributed by atoms with van der Waals surface area (Å²) in [5, 5.41) is 3.21. The Morgan fingerprint density at radius 3 is 2.75 bits per heavy atom. The van der Waals surface area contributed by atoms with E-state index in [2.05, 4.69) is 15.2 Å². The third-order valence-electron chi connectivity index (χ3n) is 4.36. The molecule has 0 bridgehead atoms. The van der Waals surface area contributed by atoms with Gasteiger partial charge in [-0.2, -0.15) is 11.8 Å². The van der Waals surface area contributed by atoms with Crippen molar-refractivity contribution in [2.45, 2.75) is 13.3 Å². The van der Waals surface area contributed by atoms with Gasteiger partial charge in [0, 0.05) is 63.8 Å². The fourth-order valence-corrected chi connectivity index (χ4v) is 5.51. The molecule has 1 unspecified atom stereocenters. The van der Waals surface area contributed by atoms with Crippen LogP contribution in [0.15, 0.2) is 4.99 Å². The summed E-state index contributed by atoms with van der Waals surface area (Å²) >= 11 is 1.81. The van der Waals surface area contributed by atoms with E-state index in [9.17, 15) is 8.42 Å². The molecule has 1 atom stereocenters. The molecule has 2 saturated heterocycles. The zero-order valence-electron chi connectivity index (χ0n) is 14.7. The normalized spacial score (nSPS) is 23.7. The average Bonchev–Trinajstić information content (AvgIpc) is 3.06. The van der Waals surface area contributed by atoms with Crippen molar-refractivity contribution < 1.29 is 13.2 Å². The first-order valence-electron chi connectivity index (χ1n) is 8.65. The van der Waals surface area contributed by atoms with Crippen LogP contribution in [-0.2, 0) is 14.8 Å². The molecule has 24 heavy (non-hydrogen) atoms. The van der Waals surface area contributed by atoms with Gasteiger partial charge in [-0.3, -0.25) is 4.99 Å². The molecule has 7 nitrogen and oxygen atoms in total. The van der Waals surface area contributed by atoms with Crippen LogP contribution in [0.1, 0.15) is 13.3 Å². The molecule has 0 spiro atoms. The van der Waals surface area contributed by atoms with Crippen LogP contribution in [0.3, 0.4) is 0 Å². The van der Waals surface area contributed by atoms with E-state index in [1.54, 1.807) is 11.4 Å². The highest BCUT2D eigenvalue weighted by Crippen LogP contribution is 2.17. The summed E-state index contributed by atoms with van der Waals surface area (Å²) < 4.78 is 31.8. The highest BCUT2D eigenvalue weighted by molar-refractivity contribution is 7.99. The Labute approximate surface area is 150 Å². The molecule has 2 heterocycles. The third kappa shape index (κ3) is 5.79. The van der Waals surface area contributed by atoms with Crippen molar-refractivity contribution >= 4 is 27.7 Å². The van der Waals surface area contributed by atoms with Crippen LogP contribution in [0.25, 0.3) is 0 Å². The van der Waals surface area contributed by atoms with E-state index in [0.29, 0.717) is 25.6 Å². The molecule has 0 aromatic heterocycles. The standard InChI is InChI=1S/C15H30N4O3S2/c1-3-22-13-14-4-6-18(12-14)15(16-2)17-5-11-24(20,21)19-7-9-23-10-8-19/h14H,3-13H2,1-2H3,(H,16,17). The molecule has 0 aromatic rings. The maximum Gasteiger partial charge on any atom is 0.215 e. The molecular formula is C15H30N4O3S2. The van der Waals surface area contributed by atoms with Gasteiger partial charge in [0.05, 0.1) is 12.4 Å². The molecule has 1 N–H and O–H groups in total. The topological polar surface area (TPSA) is 74.2 Å². The smallest absolute Gasteiger partial charge is 0.215 e. The minimum Gasteiger partial charge on any atom is -0.381 e. The van der Waals surface area contributed by atoms with Crippen LogP contribution in [0.2, 0.25) is 0 Å². The Hall–Kier alpha value is -0.510. The number of ether oxygens (including phenoxy) is 1. The summed E-state index contributed by atoms with van der Waals surface area (Å²) in [6, 6.07) is 0. The first-order valence-corrected chi connectivity index (χ1v) is 11.4. The first-order chi connectivity index (χ1) is 11.6. The van der Waals surface area contributed by atoms with Gasteiger partial charge in [0.15, 0.2) is 5.96 Å². The van der Waals surface area contributed by atoms with Crippen molar-refractivity contribution in [2.24, 2.45) is 10.9 Å². The second-order valence-electron chi connectivity index (χ2n) is 6.06. The lowest BCUT2D eigenvalue weighted by Gasteiger charge is -2.26. The second kappa shape index (κ2) is 9.84. The van der Waals surface area contributed by atoms with Gasteiger partial charge in [0.2, 0.25) is 10.0 Å². The monoisotopic (exact) mass is 378 g/mol. The average molecular weight is 379 g/mol. The number of hydrogen-bond acceptors (Lipinski definition) is 5. The Morgan fingerprint density at radius 2 is 2.08 bits per heavy atom. The molecule has 2 aliphatic rings. The predicted molar refractivity (Wildman–Crippen MR) is 100 cm³/mol. The molecule has 140 valence electrons. The van der Waals surface area contributed by atoms with Crippen LogP contribution in [0.5, 0.6) is 0 Å². The van der Waals surface area contributed by atoms with E-state index in [0.717, 1.165) is 50.2 Å². The van der Waals surface area contributed by atoms with Gasteiger partial charge >= 0.3 is 0 Å². The number of thioether (sulfide) groups is 1. The van der Waals surface area contributed by atoms with Crippen LogP contribution in [0.4, 0.5) is 0 Å². The Kier molecular flexibility index (Phi) is 8.12. The Bertz CT molecular complexity index is 507. The molecule has 0 amide bonds. The van der Waals surface area contributed by atoms with Crippen molar-refractivity contribution in [1.82, 2.24) is 14.5 Å². The minimum absolute atomic E-state index is 0.118. The lowest BCUT2D eigenvalue weighted by Crippen LogP contribution is -2.45. The van der Waals surface area contributed by atoms with Gasteiger partial charge in [-0.15, -0.1) is 0 Å². The van der Waals surface area contributed by atoms with Crippen molar-refractivity contribution in [3.63, 3.8) is 0 Å². The summed E-state index contributed by atoms with van der Waals surface area (Å²) in [6.45, 7) is 7.05. The molecule has 0 aromatic carbocycles. The molecule has 0 saturated carbocycles. The van der Waals surface area contributed by atoms with E-state index in [1.807, 2.05) is 18.7 Å². The number of nitrogens with zero attached hydrogens (tertiary/aromatic N) is 3.